The second kappa shape index (κ2) is 8.65. The highest BCUT2D eigenvalue weighted by Crippen LogP contribution is 2.31. The molecule has 1 amide bonds. The molecule has 0 saturated heterocycles. The number of sulfonamides is 1. The maximum atomic E-state index is 12.5. The topological polar surface area (TPSA) is 75.7 Å². The summed E-state index contributed by atoms with van der Waals surface area (Å²) in [6.45, 7) is 3.23. The Morgan fingerprint density at radius 2 is 1.93 bits per heavy atom. The fourth-order valence-electron chi connectivity index (χ4n) is 3.20. The van der Waals surface area contributed by atoms with E-state index >= 15 is 0 Å². The van der Waals surface area contributed by atoms with Gasteiger partial charge in [0.25, 0.3) is 5.91 Å². The molecule has 6 nitrogen and oxygen atoms in total. The van der Waals surface area contributed by atoms with Gasteiger partial charge in [-0.2, -0.15) is 0 Å². The minimum absolute atomic E-state index is 0.248. The van der Waals surface area contributed by atoms with Crippen LogP contribution in [0.4, 0.5) is 11.4 Å². The van der Waals surface area contributed by atoms with Crippen molar-refractivity contribution in [3.05, 3.63) is 53.6 Å². The third kappa shape index (κ3) is 4.84. The van der Waals surface area contributed by atoms with E-state index in [4.69, 9.17) is 4.74 Å². The zero-order valence-corrected chi connectivity index (χ0v) is 17.1. The first-order valence-electron chi connectivity index (χ1n) is 9.53. The summed E-state index contributed by atoms with van der Waals surface area (Å²) in [5.74, 6) is 0.490. The number of unbranched alkanes of at least 4 members (excludes halogenated alkanes) is 1. The molecule has 0 aliphatic carbocycles. The van der Waals surface area contributed by atoms with Crippen LogP contribution < -0.4 is 14.4 Å². The molecule has 0 fully saturated rings. The molecule has 0 saturated carbocycles. The number of rotatable bonds is 7. The van der Waals surface area contributed by atoms with E-state index < -0.39 is 10.0 Å². The summed E-state index contributed by atoms with van der Waals surface area (Å²) in [6, 6.07) is 12.4. The van der Waals surface area contributed by atoms with Gasteiger partial charge < -0.3 is 10.1 Å². The Labute approximate surface area is 166 Å². The Kier molecular flexibility index (Phi) is 6.24. The first-order chi connectivity index (χ1) is 13.4. The van der Waals surface area contributed by atoms with Gasteiger partial charge in [0.2, 0.25) is 10.0 Å². The normalized spacial score (nSPS) is 13.7. The number of benzene rings is 2. The minimum Gasteiger partial charge on any atom is -0.494 e. The van der Waals surface area contributed by atoms with E-state index in [0.29, 0.717) is 30.1 Å². The lowest BCUT2D eigenvalue weighted by molar-refractivity contribution is 0.102. The first-order valence-corrected chi connectivity index (χ1v) is 11.4. The Hall–Kier alpha value is -2.54. The lowest BCUT2D eigenvalue weighted by Crippen LogP contribution is -2.34. The maximum Gasteiger partial charge on any atom is 0.255 e. The summed E-state index contributed by atoms with van der Waals surface area (Å²) in [5, 5.41) is 2.85. The molecule has 2 aromatic rings. The molecule has 0 atom stereocenters. The van der Waals surface area contributed by atoms with Crippen LogP contribution in [0, 0.1) is 0 Å². The smallest absolute Gasteiger partial charge is 0.255 e. The van der Waals surface area contributed by atoms with Gasteiger partial charge in [-0.3, -0.25) is 9.10 Å². The molecular weight excluding hydrogens is 376 g/mol. The number of carbonyl (C=O) groups is 1. The second-order valence-electron chi connectivity index (χ2n) is 6.96. The average Bonchev–Trinajstić information content (AvgIpc) is 2.67. The minimum atomic E-state index is -3.34. The van der Waals surface area contributed by atoms with Crippen LogP contribution in [0.15, 0.2) is 42.5 Å². The van der Waals surface area contributed by atoms with Crippen LogP contribution in [-0.2, 0) is 16.4 Å². The Morgan fingerprint density at radius 1 is 1.18 bits per heavy atom. The van der Waals surface area contributed by atoms with Crippen molar-refractivity contribution in [3.8, 4) is 5.75 Å². The van der Waals surface area contributed by atoms with Gasteiger partial charge in [0.1, 0.15) is 5.75 Å². The molecule has 150 valence electrons. The predicted octanol–water partition coefficient (Wildman–Crippen LogP) is 3.83. The predicted molar refractivity (Wildman–Crippen MR) is 112 cm³/mol. The number of aryl methyl sites for hydroxylation is 1. The molecule has 1 N–H and O–H groups in total. The van der Waals surface area contributed by atoms with Crippen molar-refractivity contribution in [2.45, 2.75) is 32.6 Å². The second-order valence-corrected chi connectivity index (χ2v) is 8.87. The zero-order chi connectivity index (χ0) is 20.1. The van der Waals surface area contributed by atoms with Crippen LogP contribution in [0.25, 0.3) is 0 Å². The highest BCUT2D eigenvalue weighted by Gasteiger charge is 2.24. The van der Waals surface area contributed by atoms with E-state index in [0.717, 1.165) is 37.0 Å². The Bertz CT molecular complexity index is 939. The molecule has 0 radical (unpaired) electrons. The molecule has 0 aromatic heterocycles. The molecule has 2 aromatic carbocycles. The third-order valence-corrected chi connectivity index (χ3v) is 5.88. The number of carbonyl (C=O) groups excluding carboxylic acids is 1. The van der Waals surface area contributed by atoms with E-state index in [9.17, 15) is 13.2 Å². The van der Waals surface area contributed by atoms with Crippen molar-refractivity contribution in [1.82, 2.24) is 0 Å². The monoisotopic (exact) mass is 402 g/mol. The molecular formula is C21H26N2O4S. The molecule has 1 heterocycles. The van der Waals surface area contributed by atoms with Gasteiger partial charge in [-0.15, -0.1) is 0 Å². The number of amides is 1. The van der Waals surface area contributed by atoms with Crippen LogP contribution in [-0.4, -0.2) is 33.7 Å². The van der Waals surface area contributed by atoms with E-state index in [2.05, 4.69) is 12.2 Å². The van der Waals surface area contributed by atoms with Gasteiger partial charge in [-0.1, -0.05) is 19.4 Å². The largest absolute Gasteiger partial charge is 0.494 e. The lowest BCUT2D eigenvalue weighted by Gasteiger charge is -2.29. The summed E-state index contributed by atoms with van der Waals surface area (Å²) in [7, 11) is -3.34. The van der Waals surface area contributed by atoms with Crippen LogP contribution in [0.2, 0.25) is 0 Å². The van der Waals surface area contributed by atoms with Gasteiger partial charge in [-0.25, -0.2) is 8.42 Å². The Morgan fingerprint density at radius 3 is 2.61 bits per heavy atom. The fourth-order valence-corrected chi connectivity index (χ4v) is 4.19. The van der Waals surface area contributed by atoms with E-state index in [1.807, 2.05) is 12.1 Å². The summed E-state index contributed by atoms with van der Waals surface area (Å²) >= 11 is 0. The summed E-state index contributed by atoms with van der Waals surface area (Å²) in [6.07, 6.45) is 4.88. The van der Waals surface area contributed by atoms with Crippen molar-refractivity contribution >= 4 is 27.3 Å². The highest BCUT2D eigenvalue weighted by molar-refractivity contribution is 7.92. The van der Waals surface area contributed by atoms with Crippen LogP contribution in [0.1, 0.15) is 42.1 Å². The zero-order valence-electron chi connectivity index (χ0n) is 16.3. The highest BCUT2D eigenvalue weighted by atomic mass is 32.2. The average molecular weight is 403 g/mol. The van der Waals surface area contributed by atoms with Crippen molar-refractivity contribution in [1.29, 1.82) is 0 Å². The molecule has 1 aliphatic rings. The van der Waals surface area contributed by atoms with E-state index in [1.54, 1.807) is 30.3 Å². The number of anilines is 2. The fraction of sp³-hybridized carbons (Fsp3) is 0.381. The van der Waals surface area contributed by atoms with E-state index in [-0.39, 0.29) is 5.91 Å². The van der Waals surface area contributed by atoms with Gasteiger partial charge in [0, 0.05) is 17.8 Å². The SMILES string of the molecule is CCCCOc1ccc(C(=O)Nc2ccc3c(c2)N(S(C)(=O)=O)CCC3)cc1. The summed E-state index contributed by atoms with van der Waals surface area (Å²) in [5.41, 5.74) is 2.71. The third-order valence-electron chi connectivity index (χ3n) is 4.70. The van der Waals surface area contributed by atoms with Gasteiger partial charge in [0.05, 0.1) is 18.6 Å². The number of nitrogens with one attached hydrogen (secondary N) is 1. The maximum absolute atomic E-state index is 12.5. The van der Waals surface area contributed by atoms with Crippen molar-refractivity contribution in [2.75, 3.05) is 29.0 Å². The molecule has 28 heavy (non-hydrogen) atoms. The lowest BCUT2D eigenvalue weighted by atomic mass is 10.0. The number of nitrogens with zero attached hydrogens (tertiary/aromatic N) is 1. The molecule has 1 aliphatic heterocycles. The van der Waals surface area contributed by atoms with Crippen LogP contribution >= 0.6 is 0 Å². The van der Waals surface area contributed by atoms with Crippen LogP contribution in [0.5, 0.6) is 5.75 Å². The molecule has 0 spiro atoms. The van der Waals surface area contributed by atoms with Crippen LogP contribution in [0.3, 0.4) is 0 Å². The van der Waals surface area contributed by atoms with Crippen molar-refractivity contribution < 1.29 is 17.9 Å². The summed E-state index contributed by atoms with van der Waals surface area (Å²) < 4.78 is 31.1. The first kappa shape index (κ1) is 20.2. The molecule has 3 rings (SSSR count). The van der Waals surface area contributed by atoms with Gasteiger partial charge in [-0.05, 0) is 61.2 Å². The number of hydrogen-bond donors (Lipinski definition) is 1. The van der Waals surface area contributed by atoms with E-state index in [1.165, 1.54) is 10.6 Å². The van der Waals surface area contributed by atoms with Gasteiger partial charge >= 0.3 is 0 Å². The molecule has 0 unspecified atom stereocenters. The quantitative estimate of drug-likeness (QED) is 0.714. The van der Waals surface area contributed by atoms with Crippen molar-refractivity contribution in [3.63, 3.8) is 0 Å². The molecule has 0 bridgehead atoms. The summed E-state index contributed by atoms with van der Waals surface area (Å²) in [4.78, 5) is 12.5. The number of ether oxygens (including phenoxy) is 1. The molecule has 7 heteroatoms. The number of hydrogen-bond acceptors (Lipinski definition) is 4. The van der Waals surface area contributed by atoms with Crippen molar-refractivity contribution in [2.24, 2.45) is 0 Å². The Balaban J connectivity index is 1.72. The standard InChI is InChI=1S/C21H26N2O4S/c1-3-4-14-27-19-11-8-17(9-12-19)21(24)22-18-10-7-16-6-5-13-23(20(16)15-18)28(2,25)26/h7-12,15H,3-6,13-14H2,1-2H3,(H,22,24). The number of fused-ring (bicyclic) bond motifs is 1. The van der Waals surface area contributed by atoms with Gasteiger partial charge in [0.15, 0.2) is 0 Å².